The van der Waals surface area contributed by atoms with Crippen molar-refractivity contribution < 1.29 is 9.53 Å². The summed E-state index contributed by atoms with van der Waals surface area (Å²) in [7, 11) is 1.58. The zero-order chi connectivity index (χ0) is 11.4. The first-order chi connectivity index (χ1) is 7.10. The number of nitrogens with two attached hydrogens (primary N) is 1. The molecule has 0 aliphatic carbocycles. The van der Waals surface area contributed by atoms with E-state index in [9.17, 15) is 4.79 Å². The maximum Gasteiger partial charge on any atom is 0.151 e. The third-order valence-corrected chi connectivity index (χ3v) is 2.48. The van der Waals surface area contributed by atoms with Gasteiger partial charge in [-0.05, 0) is 25.0 Å². The van der Waals surface area contributed by atoms with E-state index >= 15 is 0 Å². The molecule has 82 valence electrons. The first-order valence-electron chi connectivity index (χ1n) is 5.03. The molecule has 0 radical (unpaired) electrons. The Morgan fingerprint density at radius 3 is 2.67 bits per heavy atom. The van der Waals surface area contributed by atoms with Gasteiger partial charge in [-0.25, -0.2) is 0 Å². The number of hydrogen-bond acceptors (Lipinski definition) is 3. The molecule has 2 N–H and O–H groups in total. The van der Waals surface area contributed by atoms with Crippen molar-refractivity contribution in [1.82, 2.24) is 0 Å². The summed E-state index contributed by atoms with van der Waals surface area (Å²) in [5.41, 5.74) is 7.73. The van der Waals surface area contributed by atoms with Crippen LogP contribution in [0.3, 0.4) is 0 Å². The quantitative estimate of drug-likeness (QED) is 0.819. The maximum atomic E-state index is 11.2. The van der Waals surface area contributed by atoms with Gasteiger partial charge in [0.15, 0.2) is 5.78 Å². The molecule has 3 heteroatoms. The van der Waals surface area contributed by atoms with Gasteiger partial charge in [0.1, 0.15) is 5.75 Å². The summed E-state index contributed by atoms with van der Waals surface area (Å²) >= 11 is 0. The van der Waals surface area contributed by atoms with E-state index in [-0.39, 0.29) is 5.78 Å². The van der Waals surface area contributed by atoms with Crippen LogP contribution in [0.25, 0.3) is 0 Å². The molecule has 15 heavy (non-hydrogen) atoms. The number of methoxy groups -OCH3 is 1. The lowest BCUT2D eigenvalue weighted by molar-refractivity contribution is -0.118. The summed E-state index contributed by atoms with van der Waals surface area (Å²) in [6.07, 6.45) is 0.918. The summed E-state index contributed by atoms with van der Waals surface area (Å²) in [5, 5.41) is 0. The van der Waals surface area contributed by atoms with Crippen molar-refractivity contribution in [3.05, 3.63) is 29.3 Å². The Morgan fingerprint density at radius 2 is 2.20 bits per heavy atom. The van der Waals surface area contributed by atoms with Gasteiger partial charge in [-0.15, -0.1) is 0 Å². The van der Waals surface area contributed by atoms with Gasteiger partial charge >= 0.3 is 0 Å². The van der Waals surface area contributed by atoms with E-state index in [1.807, 2.05) is 18.2 Å². The SMILES string of the molecule is CCc1ccc(OC)c(C(N)C(C)=O)c1. The molecule has 1 rings (SSSR count). The largest absolute Gasteiger partial charge is 0.496 e. The molecule has 1 unspecified atom stereocenters. The van der Waals surface area contributed by atoms with Crippen molar-refractivity contribution in [3.8, 4) is 5.75 Å². The van der Waals surface area contributed by atoms with Crippen LogP contribution in [0.5, 0.6) is 5.75 Å². The average molecular weight is 207 g/mol. The zero-order valence-electron chi connectivity index (χ0n) is 9.41. The Labute approximate surface area is 90.2 Å². The number of hydrogen-bond donors (Lipinski definition) is 1. The molecule has 3 nitrogen and oxygen atoms in total. The van der Waals surface area contributed by atoms with Crippen LogP contribution in [-0.2, 0) is 11.2 Å². The van der Waals surface area contributed by atoms with E-state index in [1.165, 1.54) is 6.92 Å². The van der Waals surface area contributed by atoms with Gasteiger partial charge in [-0.3, -0.25) is 4.79 Å². The minimum Gasteiger partial charge on any atom is -0.496 e. The van der Waals surface area contributed by atoms with Gasteiger partial charge < -0.3 is 10.5 Å². The molecule has 1 atom stereocenters. The standard InChI is InChI=1S/C12H17NO2/c1-4-9-5-6-11(15-3)10(7-9)12(13)8(2)14/h5-7,12H,4,13H2,1-3H3. The second-order valence-electron chi connectivity index (χ2n) is 3.52. The smallest absolute Gasteiger partial charge is 0.151 e. The lowest BCUT2D eigenvalue weighted by Crippen LogP contribution is -2.19. The van der Waals surface area contributed by atoms with Gasteiger partial charge in [0, 0.05) is 5.56 Å². The predicted octanol–water partition coefficient (Wildman–Crippen LogP) is 1.85. The van der Waals surface area contributed by atoms with Gasteiger partial charge in [0.2, 0.25) is 0 Å². The van der Waals surface area contributed by atoms with Crippen molar-refractivity contribution in [1.29, 1.82) is 0 Å². The topological polar surface area (TPSA) is 52.3 Å². The van der Waals surface area contributed by atoms with E-state index in [4.69, 9.17) is 10.5 Å². The number of rotatable bonds is 4. The van der Waals surface area contributed by atoms with Crippen LogP contribution in [0.1, 0.15) is 31.0 Å². The molecule has 0 heterocycles. The normalized spacial score (nSPS) is 12.3. The molecule has 0 amide bonds. The summed E-state index contributed by atoms with van der Waals surface area (Å²) < 4.78 is 5.18. The minimum absolute atomic E-state index is 0.0541. The van der Waals surface area contributed by atoms with Gasteiger partial charge in [-0.1, -0.05) is 19.1 Å². The molecule has 0 fully saturated rings. The highest BCUT2D eigenvalue weighted by Crippen LogP contribution is 2.25. The number of carbonyl (C=O) groups excluding carboxylic acids is 1. The molecular formula is C12H17NO2. The zero-order valence-corrected chi connectivity index (χ0v) is 9.41. The number of ketones is 1. The number of ether oxygens (including phenoxy) is 1. The van der Waals surface area contributed by atoms with Crippen LogP contribution < -0.4 is 10.5 Å². The molecule has 0 spiro atoms. The summed E-state index contributed by atoms with van der Waals surface area (Å²) in [6.45, 7) is 3.55. The second kappa shape index (κ2) is 4.94. The second-order valence-corrected chi connectivity index (χ2v) is 3.52. The molecule has 0 aliphatic heterocycles. The fourth-order valence-electron chi connectivity index (χ4n) is 1.47. The molecule has 0 bridgehead atoms. The third-order valence-electron chi connectivity index (χ3n) is 2.48. The van der Waals surface area contributed by atoms with E-state index in [0.717, 1.165) is 17.5 Å². The van der Waals surface area contributed by atoms with Gasteiger partial charge in [0.05, 0.1) is 13.2 Å². The van der Waals surface area contributed by atoms with Crippen LogP contribution in [-0.4, -0.2) is 12.9 Å². The Kier molecular flexibility index (Phi) is 3.86. The fourth-order valence-corrected chi connectivity index (χ4v) is 1.47. The number of carbonyl (C=O) groups is 1. The molecular weight excluding hydrogens is 190 g/mol. The first kappa shape index (κ1) is 11.7. The molecule has 0 aromatic heterocycles. The Bertz CT molecular complexity index is 361. The number of benzene rings is 1. The molecule has 1 aromatic rings. The van der Waals surface area contributed by atoms with Crippen LogP contribution in [0.4, 0.5) is 0 Å². The highest BCUT2D eigenvalue weighted by atomic mass is 16.5. The lowest BCUT2D eigenvalue weighted by Gasteiger charge is -2.14. The maximum absolute atomic E-state index is 11.2. The van der Waals surface area contributed by atoms with E-state index < -0.39 is 6.04 Å². The van der Waals surface area contributed by atoms with Gasteiger partial charge in [-0.2, -0.15) is 0 Å². The molecule has 0 aliphatic rings. The van der Waals surface area contributed by atoms with Crippen molar-refractivity contribution in [2.75, 3.05) is 7.11 Å². The van der Waals surface area contributed by atoms with E-state index in [2.05, 4.69) is 6.92 Å². The van der Waals surface area contributed by atoms with Crippen LogP contribution in [0.2, 0.25) is 0 Å². The van der Waals surface area contributed by atoms with Crippen molar-refractivity contribution in [2.24, 2.45) is 5.73 Å². The van der Waals surface area contributed by atoms with Crippen molar-refractivity contribution in [2.45, 2.75) is 26.3 Å². The Hall–Kier alpha value is -1.35. The monoisotopic (exact) mass is 207 g/mol. The third kappa shape index (κ3) is 2.57. The molecule has 0 saturated heterocycles. The van der Waals surface area contributed by atoms with E-state index in [1.54, 1.807) is 7.11 Å². The van der Waals surface area contributed by atoms with E-state index in [0.29, 0.717) is 5.75 Å². The Morgan fingerprint density at radius 1 is 1.53 bits per heavy atom. The van der Waals surface area contributed by atoms with Crippen molar-refractivity contribution in [3.63, 3.8) is 0 Å². The van der Waals surface area contributed by atoms with Gasteiger partial charge in [0.25, 0.3) is 0 Å². The van der Waals surface area contributed by atoms with Crippen molar-refractivity contribution >= 4 is 5.78 Å². The highest BCUT2D eigenvalue weighted by molar-refractivity contribution is 5.83. The predicted molar refractivity (Wildman–Crippen MR) is 60.0 cm³/mol. The summed E-state index contributed by atoms with van der Waals surface area (Å²) in [4.78, 5) is 11.2. The molecule has 0 saturated carbocycles. The summed E-state index contributed by atoms with van der Waals surface area (Å²) in [6, 6.07) is 5.18. The fraction of sp³-hybridized carbons (Fsp3) is 0.417. The van der Waals surface area contributed by atoms with Crippen LogP contribution in [0, 0.1) is 0 Å². The average Bonchev–Trinajstić information content (AvgIpc) is 2.27. The number of Topliss-reactive ketones (excluding diaryl/α,β-unsaturated/α-hetero) is 1. The summed E-state index contributed by atoms with van der Waals surface area (Å²) in [5.74, 6) is 0.622. The van der Waals surface area contributed by atoms with Crippen LogP contribution in [0.15, 0.2) is 18.2 Å². The number of aryl methyl sites for hydroxylation is 1. The van der Waals surface area contributed by atoms with Crippen LogP contribution >= 0.6 is 0 Å². The highest BCUT2D eigenvalue weighted by Gasteiger charge is 2.16. The lowest BCUT2D eigenvalue weighted by atomic mass is 10.00. The minimum atomic E-state index is -0.591. The Balaban J connectivity index is 3.16. The molecule has 1 aromatic carbocycles. The first-order valence-corrected chi connectivity index (χ1v) is 5.03.